The van der Waals surface area contributed by atoms with Crippen molar-refractivity contribution < 1.29 is 14.3 Å². The summed E-state index contributed by atoms with van der Waals surface area (Å²) in [7, 11) is 1.63. The SMILES string of the molecule is COc1ccc(CC2C(=O)C(=O)Cc3c2ccc2c3ccc3ccccc32)cc1. The van der Waals surface area contributed by atoms with E-state index in [1.54, 1.807) is 7.11 Å². The van der Waals surface area contributed by atoms with Gasteiger partial charge in [0.1, 0.15) is 5.75 Å². The van der Waals surface area contributed by atoms with Crippen molar-refractivity contribution in [2.75, 3.05) is 7.11 Å². The second kappa shape index (κ2) is 6.85. The lowest BCUT2D eigenvalue weighted by Gasteiger charge is -2.25. The summed E-state index contributed by atoms with van der Waals surface area (Å²) in [5, 5.41) is 4.55. The van der Waals surface area contributed by atoms with Crippen LogP contribution in [0.3, 0.4) is 0 Å². The predicted octanol–water partition coefficient (Wildman–Crippen LogP) is 5.02. The highest BCUT2D eigenvalue weighted by atomic mass is 16.5. The Morgan fingerprint density at radius 2 is 1.59 bits per heavy atom. The van der Waals surface area contributed by atoms with Crippen LogP contribution < -0.4 is 4.74 Å². The second-order valence-electron chi connectivity index (χ2n) is 7.58. The number of hydrogen-bond acceptors (Lipinski definition) is 3. The zero-order chi connectivity index (χ0) is 20.0. The van der Waals surface area contributed by atoms with Gasteiger partial charge in [-0.25, -0.2) is 0 Å². The van der Waals surface area contributed by atoms with Crippen molar-refractivity contribution in [1.29, 1.82) is 0 Å². The molecule has 1 unspecified atom stereocenters. The monoisotopic (exact) mass is 380 g/mol. The van der Waals surface area contributed by atoms with Crippen LogP contribution in [0.15, 0.2) is 72.8 Å². The quantitative estimate of drug-likeness (QED) is 0.370. The largest absolute Gasteiger partial charge is 0.497 e. The molecular formula is C26H20O3. The first-order chi connectivity index (χ1) is 14.2. The van der Waals surface area contributed by atoms with Gasteiger partial charge < -0.3 is 4.74 Å². The topological polar surface area (TPSA) is 43.4 Å². The molecule has 0 heterocycles. The van der Waals surface area contributed by atoms with Crippen LogP contribution in [0, 0.1) is 0 Å². The smallest absolute Gasteiger partial charge is 0.206 e. The molecule has 29 heavy (non-hydrogen) atoms. The van der Waals surface area contributed by atoms with Gasteiger partial charge in [0.05, 0.1) is 13.0 Å². The first-order valence-electron chi connectivity index (χ1n) is 9.79. The lowest BCUT2D eigenvalue weighted by Crippen LogP contribution is -2.31. The van der Waals surface area contributed by atoms with E-state index in [2.05, 4.69) is 30.3 Å². The maximum atomic E-state index is 12.8. The van der Waals surface area contributed by atoms with Gasteiger partial charge in [-0.3, -0.25) is 9.59 Å². The molecule has 5 rings (SSSR count). The minimum absolute atomic E-state index is 0.183. The van der Waals surface area contributed by atoms with E-state index >= 15 is 0 Å². The summed E-state index contributed by atoms with van der Waals surface area (Å²) in [4.78, 5) is 25.4. The highest BCUT2D eigenvalue weighted by molar-refractivity contribution is 6.41. The normalized spacial score (nSPS) is 16.2. The Kier molecular flexibility index (Phi) is 4.17. The van der Waals surface area contributed by atoms with Gasteiger partial charge in [-0.05, 0) is 56.8 Å². The van der Waals surface area contributed by atoms with Gasteiger partial charge in [-0.1, -0.05) is 60.7 Å². The molecule has 142 valence electrons. The molecule has 0 bridgehead atoms. The van der Waals surface area contributed by atoms with Crippen LogP contribution in [-0.2, 0) is 22.4 Å². The first kappa shape index (κ1) is 17.6. The van der Waals surface area contributed by atoms with E-state index in [-0.39, 0.29) is 18.0 Å². The van der Waals surface area contributed by atoms with Crippen LogP contribution in [0.2, 0.25) is 0 Å². The van der Waals surface area contributed by atoms with Crippen molar-refractivity contribution in [3.8, 4) is 5.75 Å². The average molecular weight is 380 g/mol. The highest BCUT2D eigenvalue weighted by Crippen LogP contribution is 2.37. The molecule has 0 fully saturated rings. The third kappa shape index (κ3) is 2.90. The van der Waals surface area contributed by atoms with E-state index in [1.807, 2.05) is 42.5 Å². The number of methoxy groups -OCH3 is 1. The molecule has 0 aromatic heterocycles. The van der Waals surface area contributed by atoms with Gasteiger partial charge in [0.2, 0.25) is 11.6 Å². The Bertz CT molecular complexity index is 1270. The fraction of sp³-hybridized carbons (Fsp3) is 0.154. The molecule has 1 atom stereocenters. The van der Waals surface area contributed by atoms with Gasteiger partial charge >= 0.3 is 0 Å². The molecule has 3 nitrogen and oxygen atoms in total. The fourth-order valence-corrected chi connectivity index (χ4v) is 4.47. The molecule has 4 aromatic rings. The van der Waals surface area contributed by atoms with Gasteiger partial charge in [-0.15, -0.1) is 0 Å². The molecule has 0 saturated heterocycles. The Morgan fingerprint density at radius 3 is 2.38 bits per heavy atom. The number of benzene rings is 4. The number of hydrogen-bond donors (Lipinski definition) is 0. The van der Waals surface area contributed by atoms with Crippen LogP contribution >= 0.6 is 0 Å². The predicted molar refractivity (Wildman–Crippen MR) is 115 cm³/mol. The lowest BCUT2D eigenvalue weighted by atomic mass is 9.76. The van der Waals surface area contributed by atoms with Crippen molar-refractivity contribution >= 4 is 33.1 Å². The number of ether oxygens (including phenoxy) is 1. The second-order valence-corrected chi connectivity index (χ2v) is 7.58. The summed E-state index contributed by atoms with van der Waals surface area (Å²) in [5.74, 6) is -0.237. The van der Waals surface area contributed by atoms with E-state index in [0.717, 1.165) is 33.2 Å². The average Bonchev–Trinajstić information content (AvgIpc) is 2.77. The molecule has 1 aliphatic rings. The maximum absolute atomic E-state index is 12.8. The van der Waals surface area contributed by atoms with E-state index in [9.17, 15) is 9.59 Å². The van der Waals surface area contributed by atoms with Crippen molar-refractivity contribution in [2.24, 2.45) is 0 Å². The van der Waals surface area contributed by atoms with Crippen molar-refractivity contribution in [2.45, 2.75) is 18.8 Å². The van der Waals surface area contributed by atoms with Crippen molar-refractivity contribution in [1.82, 2.24) is 0 Å². The summed E-state index contributed by atoms with van der Waals surface area (Å²) in [5.41, 5.74) is 2.99. The van der Waals surface area contributed by atoms with Crippen LogP contribution in [0.5, 0.6) is 5.75 Å². The highest BCUT2D eigenvalue weighted by Gasteiger charge is 2.34. The summed E-state index contributed by atoms with van der Waals surface area (Å²) < 4.78 is 5.22. The molecule has 3 heteroatoms. The van der Waals surface area contributed by atoms with Crippen LogP contribution in [0.1, 0.15) is 22.6 Å². The molecule has 1 aliphatic carbocycles. The summed E-state index contributed by atoms with van der Waals surface area (Å²) in [6.07, 6.45) is 0.698. The minimum atomic E-state index is -0.435. The van der Waals surface area contributed by atoms with Gasteiger partial charge in [0, 0.05) is 6.42 Å². The molecule has 0 radical (unpaired) electrons. The fourth-order valence-electron chi connectivity index (χ4n) is 4.47. The molecule has 0 aliphatic heterocycles. The van der Waals surface area contributed by atoms with E-state index < -0.39 is 5.92 Å². The number of carbonyl (C=O) groups is 2. The lowest BCUT2D eigenvalue weighted by molar-refractivity contribution is -0.137. The summed E-state index contributed by atoms with van der Waals surface area (Å²) in [6.45, 7) is 0. The van der Waals surface area contributed by atoms with Crippen molar-refractivity contribution in [3.05, 3.63) is 89.5 Å². The first-order valence-corrected chi connectivity index (χ1v) is 9.79. The molecule has 4 aromatic carbocycles. The van der Waals surface area contributed by atoms with Crippen LogP contribution in [0.4, 0.5) is 0 Å². The standard InChI is InChI=1S/C26H20O3/c1-29-18-9-6-16(7-10-18)14-24-22-13-12-20-19-5-3-2-4-17(19)8-11-21(20)23(22)15-25(27)26(24)28/h2-13,24H,14-15H2,1H3. The van der Waals surface area contributed by atoms with E-state index in [4.69, 9.17) is 4.74 Å². The third-order valence-electron chi connectivity index (χ3n) is 5.98. The molecule has 0 spiro atoms. The number of fused-ring (bicyclic) bond motifs is 5. The summed E-state index contributed by atoms with van der Waals surface area (Å²) in [6, 6.07) is 24.3. The third-order valence-corrected chi connectivity index (χ3v) is 5.98. The summed E-state index contributed by atoms with van der Waals surface area (Å²) >= 11 is 0. The number of ketones is 2. The molecule has 0 amide bonds. The maximum Gasteiger partial charge on any atom is 0.206 e. The van der Waals surface area contributed by atoms with E-state index in [1.165, 1.54) is 10.8 Å². The Balaban J connectivity index is 1.64. The zero-order valence-corrected chi connectivity index (χ0v) is 16.1. The van der Waals surface area contributed by atoms with E-state index in [0.29, 0.717) is 6.42 Å². The van der Waals surface area contributed by atoms with Gasteiger partial charge in [-0.2, -0.15) is 0 Å². The number of rotatable bonds is 3. The zero-order valence-electron chi connectivity index (χ0n) is 16.1. The van der Waals surface area contributed by atoms with Gasteiger partial charge in [0.25, 0.3) is 0 Å². The Morgan fingerprint density at radius 1 is 0.828 bits per heavy atom. The van der Waals surface area contributed by atoms with Crippen LogP contribution in [0.25, 0.3) is 21.5 Å². The van der Waals surface area contributed by atoms with Crippen molar-refractivity contribution in [3.63, 3.8) is 0 Å². The number of carbonyl (C=O) groups excluding carboxylic acids is 2. The molecular weight excluding hydrogens is 360 g/mol. The Hall–Kier alpha value is -3.46. The molecule has 0 saturated carbocycles. The van der Waals surface area contributed by atoms with Gasteiger partial charge in [0.15, 0.2) is 0 Å². The van der Waals surface area contributed by atoms with Crippen LogP contribution in [-0.4, -0.2) is 18.7 Å². The number of Topliss-reactive ketones (excluding diaryl/α,β-unsaturated/α-hetero) is 2. The minimum Gasteiger partial charge on any atom is -0.497 e. The molecule has 0 N–H and O–H groups in total. The Labute approximate surface area is 168 Å².